The summed E-state index contributed by atoms with van der Waals surface area (Å²) in [6, 6.07) is 5.45. The zero-order valence-corrected chi connectivity index (χ0v) is 11.9. The summed E-state index contributed by atoms with van der Waals surface area (Å²) in [6.45, 7) is 2.74. The molecule has 0 aliphatic rings. The molecule has 19 heavy (non-hydrogen) atoms. The Morgan fingerprint density at radius 1 is 1.42 bits per heavy atom. The van der Waals surface area contributed by atoms with Gasteiger partial charge in [-0.05, 0) is 59.3 Å². The van der Waals surface area contributed by atoms with Crippen LogP contribution in [0.4, 0.5) is 4.39 Å². The number of carbonyl (C=O) groups excluding carboxylic acids is 1. The Hall–Kier alpha value is -1.75. The summed E-state index contributed by atoms with van der Waals surface area (Å²) in [5.41, 5.74) is 1.14. The van der Waals surface area contributed by atoms with Gasteiger partial charge < -0.3 is 0 Å². The van der Waals surface area contributed by atoms with Gasteiger partial charge in [0.25, 0.3) is 0 Å². The maximum atomic E-state index is 12.7. The molecule has 0 radical (unpaired) electrons. The second-order valence-electron chi connectivity index (χ2n) is 3.92. The van der Waals surface area contributed by atoms with Crippen LogP contribution in [0.15, 0.2) is 41.0 Å². The number of ketones is 1. The molecule has 0 bridgehead atoms. The van der Waals surface area contributed by atoms with Crippen LogP contribution in [0.2, 0.25) is 0 Å². The summed E-state index contributed by atoms with van der Waals surface area (Å²) in [5.74, 6) is -0.539. The molecule has 2 rings (SSSR count). The van der Waals surface area contributed by atoms with E-state index in [1.807, 2.05) is 13.1 Å². The zero-order valence-electron chi connectivity index (χ0n) is 10.3. The van der Waals surface area contributed by atoms with Crippen molar-refractivity contribution in [1.82, 2.24) is 9.78 Å². The second kappa shape index (κ2) is 5.93. The third-order valence-corrected chi connectivity index (χ3v) is 3.20. The molecule has 2 aromatic rings. The van der Waals surface area contributed by atoms with Gasteiger partial charge in [0.1, 0.15) is 5.82 Å². The van der Waals surface area contributed by atoms with Gasteiger partial charge in [0.05, 0.1) is 10.2 Å². The van der Waals surface area contributed by atoms with Crippen LogP contribution in [0.3, 0.4) is 0 Å². The highest BCUT2D eigenvalue weighted by Crippen LogP contribution is 2.16. The van der Waals surface area contributed by atoms with E-state index in [0.29, 0.717) is 11.3 Å². The summed E-state index contributed by atoms with van der Waals surface area (Å²) in [5, 5.41) is 4.28. The lowest BCUT2D eigenvalue weighted by Gasteiger charge is -1.95. The van der Waals surface area contributed by atoms with Gasteiger partial charge >= 0.3 is 0 Å². The van der Waals surface area contributed by atoms with Crippen molar-refractivity contribution in [3.8, 4) is 0 Å². The van der Waals surface area contributed by atoms with Gasteiger partial charge in [-0.1, -0.05) is 0 Å². The average Bonchev–Trinajstić information content (AvgIpc) is 2.77. The first-order valence-electron chi connectivity index (χ1n) is 5.81. The zero-order chi connectivity index (χ0) is 13.8. The van der Waals surface area contributed by atoms with Gasteiger partial charge in [0, 0.05) is 18.3 Å². The first-order chi connectivity index (χ1) is 9.10. The Bertz CT molecular complexity index is 617. The molecule has 98 valence electrons. The molecule has 5 heteroatoms. The highest BCUT2D eigenvalue weighted by Gasteiger charge is 2.05. The number of aryl methyl sites for hydroxylation is 1. The predicted molar refractivity (Wildman–Crippen MR) is 75.4 cm³/mol. The van der Waals surface area contributed by atoms with Crippen LogP contribution in [-0.2, 0) is 6.54 Å². The normalized spacial score (nSPS) is 11.1. The first-order valence-corrected chi connectivity index (χ1v) is 6.60. The third kappa shape index (κ3) is 3.38. The first kappa shape index (κ1) is 13.7. The molecule has 1 aromatic heterocycles. The summed E-state index contributed by atoms with van der Waals surface area (Å²) in [7, 11) is 0. The van der Waals surface area contributed by atoms with Gasteiger partial charge in [0.15, 0.2) is 5.78 Å². The van der Waals surface area contributed by atoms with E-state index in [-0.39, 0.29) is 11.6 Å². The van der Waals surface area contributed by atoms with E-state index < -0.39 is 0 Å². The molecule has 0 saturated heterocycles. The molecular formula is C14H12BrFN2O. The monoisotopic (exact) mass is 322 g/mol. The van der Waals surface area contributed by atoms with Crippen LogP contribution >= 0.6 is 15.9 Å². The van der Waals surface area contributed by atoms with E-state index >= 15 is 0 Å². The summed E-state index contributed by atoms with van der Waals surface area (Å²) >= 11 is 3.38. The van der Waals surface area contributed by atoms with E-state index in [2.05, 4.69) is 21.0 Å². The minimum absolute atomic E-state index is 0.182. The Balaban J connectivity index is 2.15. The van der Waals surface area contributed by atoms with Crippen molar-refractivity contribution in [3.63, 3.8) is 0 Å². The minimum atomic E-state index is -0.357. The van der Waals surface area contributed by atoms with Gasteiger partial charge in [-0.15, -0.1) is 0 Å². The third-order valence-electron chi connectivity index (χ3n) is 2.59. The van der Waals surface area contributed by atoms with Gasteiger partial charge in [-0.2, -0.15) is 5.10 Å². The van der Waals surface area contributed by atoms with E-state index in [1.165, 1.54) is 30.3 Å². The van der Waals surface area contributed by atoms with Gasteiger partial charge in [-0.3, -0.25) is 9.48 Å². The van der Waals surface area contributed by atoms with Crippen LogP contribution in [0.1, 0.15) is 23.0 Å². The van der Waals surface area contributed by atoms with Crippen molar-refractivity contribution in [2.45, 2.75) is 13.5 Å². The van der Waals surface area contributed by atoms with E-state index in [0.717, 1.165) is 11.0 Å². The number of allylic oxidation sites excluding steroid dienone is 1. The van der Waals surface area contributed by atoms with Crippen LogP contribution in [0, 0.1) is 5.82 Å². The standard InChI is InChI=1S/C14H12BrFN2O/c1-2-18-9-12(15)13(17-18)7-8-14(19)10-3-5-11(16)6-4-10/h3-9H,2H2,1H3/b8-7+. The smallest absolute Gasteiger partial charge is 0.185 e. The number of nitrogens with zero attached hydrogens (tertiary/aromatic N) is 2. The molecule has 3 nitrogen and oxygen atoms in total. The van der Waals surface area contributed by atoms with Crippen molar-refractivity contribution in [1.29, 1.82) is 0 Å². The predicted octanol–water partition coefficient (Wildman–Crippen LogP) is 3.70. The quantitative estimate of drug-likeness (QED) is 0.635. The van der Waals surface area contributed by atoms with E-state index in [4.69, 9.17) is 0 Å². The fraction of sp³-hybridized carbons (Fsp3) is 0.143. The SMILES string of the molecule is CCn1cc(Br)c(/C=C/C(=O)c2ccc(F)cc2)n1. The molecule has 0 aliphatic heterocycles. The molecule has 1 heterocycles. The fourth-order valence-corrected chi connectivity index (χ4v) is 2.00. The molecule has 0 fully saturated rings. The van der Waals surface area contributed by atoms with Gasteiger partial charge in [0.2, 0.25) is 0 Å². The van der Waals surface area contributed by atoms with Crippen LogP contribution in [0.5, 0.6) is 0 Å². The highest BCUT2D eigenvalue weighted by molar-refractivity contribution is 9.10. The molecule has 0 aliphatic carbocycles. The molecule has 0 spiro atoms. The van der Waals surface area contributed by atoms with Crippen molar-refractivity contribution >= 4 is 27.8 Å². The Kier molecular flexibility index (Phi) is 4.27. The number of rotatable bonds is 4. The largest absolute Gasteiger partial charge is 0.289 e. The molecule has 0 saturated carbocycles. The van der Waals surface area contributed by atoms with Crippen molar-refractivity contribution in [2.75, 3.05) is 0 Å². The van der Waals surface area contributed by atoms with Crippen LogP contribution in [0.25, 0.3) is 6.08 Å². The molecule has 0 amide bonds. The van der Waals surface area contributed by atoms with Crippen LogP contribution < -0.4 is 0 Å². The number of hydrogen-bond acceptors (Lipinski definition) is 2. The summed E-state index contributed by atoms with van der Waals surface area (Å²) in [6.07, 6.45) is 4.92. The second-order valence-corrected chi connectivity index (χ2v) is 4.78. The maximum absolute atomic E-state index is 12.7. The molecule has 0 atom stereocenters. The Labute approximate surface area is 118 Å². The molecule has 1 aromatic carbocycles. The average molecular weight is 323 g/mol. The lowest BCUT2D eigenvalue weighted by Crippen LogP contribution is -1.95. The summed E-state index contributed by atoms with van der Waals surface area (Å²) in [4.78, 5) is 11.9. The number of aromatic nitrogens is 2. The number of halogens is 2. The lowest BCUT2D eigenvalue weighted by atomic mass is 10.1. The van der Waals surface area contributed by atoms with E-state index in [9.17, 15) is 9.18 Å². The number of carbonyl (C=O) groups is 1. The van der Waals surface area contributed by atoms with Gasteiger partial charge in [-0.25, -0.2) is 4.39 Å². The number of hydrogen-bond donors (Lipinski definition) is 0. The molecule has 0 N–H and O–H groups in total. The lowest BCUT2D eigenvalue weighted by molar-refractivity contribution is 0.104. The fourth-order valence-electron chi connectivity index (χ4n) is 1.55. The molecule has 0 unspecified atom stereocenters. The van der Waals surface area contributed by atoms with E-state index in [1.54, 1.807) is 10.8 Å². The van der Waals surface area contributed by atoms with Crippen molar-refractivity contribution < 1.29 is 9.18 Å². The topological polar surface area (TPSA) is 34.9 Å². The highest BCUT2D eigenvalue weighted by atomic mass is 79.9. The van der Waals surface area contributed by atoms with Crippen molar-refractivity contribution in [2.24, 2.45) is 0 Å². The minimum Gasteiger partial charge on any atom is -0.289 e. The van der Waals surface area contributed by atoms with Crippen molar-refractivity contribution in [3.05, 3.63) is 58.1 Å². The number of benzene rings is 1. The molecular weight excluding hydrogens is 311 g/mol. The van der Waals surface area contributed by atoms with Crippen LogP contribution in [-0.4, -0.2) is 15.6 Å². The Morgan fingerprint density at radius 3 is 2.68 bits per heavy atom. The Morgan fingerprint density at radius 2 is 2.11 bits per heavy atom. The summed E-state index contributed by atoms with van der Waals surface area (Å²) < 4.78 is 15.3. The maximum Gasteiger partial charge on any atom is 0.185 e.